The van der Waals surface area contributed by atoms with E-state index in [-0.39, 0.29) is 16.9 Å². The molecule has 23 heavy (non-hydrogen) atoms. The Kier molecular flexibility index (Phi) is 3.70. The molecule has 3 heteroatoms. The van der Waals surface area contributed by atoms with Gasteiger partial charge in [0.15, 0.2) is 5.78 Å². The van der Waals surface area contributed by atoms with Crippen molar-refractivity contribution in [2.24, 2.45) is 28.6 Å². The number of hydrogen-bond acceptors (Lipinski definition) is 2. The lowest BCUT2D eigenvalue weighted by atomic mass is 9.45. The summed E-state index contributed by atoms with van der Waals surface area (Å²) in [5.74, 6) is 2.10. The van der Waals surface area contributed by atoms with Crippen LogP contribution in [0, 0.1) is 28.6 Å². The Morgan fingerprint density at radius 3 is 2.78 bits per heavy atom. The van der Waals surface area contributed by atoms with Gasteiger partial charge in [-0.1, -0.05) is 26.0 Å². The van der Waals surface area contributed by atoms with Crippen molar-refractivity contribution in [2.75, 3.05) is 0 Å². The van der Waals surface area contributed by atoms with Crippen LogP contribution in [-0.4, -0.2) is 17.0 Å². The van der Waals surface area contributed by atoms with Crippen molar-refractivity contribution in [2.45, 2.75) is 64.9 Å². The van der Waals surface area contributed by atoms with Crippen LogP contribution < -0.4 is 0 Å². The predicted octanol–water partition coefficient (Wildman–Crippen LogP) is 4.77. The summed E-state index contributed by atoms with van der Waals surface area (Å²) in [6.07, 6.45) is 11.4. The van der Waals surface area contributed by atoms with Gasteiger partial charge in [0, 0.05) is 11.8 Å². The van der Waals surface area contributed by atoms with Gasteiger partial charge >= 0.3 is 0 Å². The molecule has 4 aliphatic carbocycles. The van der Waals surface area contributed by atoms with Gasteiger partial charge in [0.2, 0.25) is 0 Å². The lowest BCUT2D eigenvalue weighted by Crippen LogP contribution is -2.54. The maximum atomic E-state index is 12.1. The first-order valence-corrected chi connectivity index (χ1v) is 9.94. The summed E-state index contributed by atoms with van der Waals surface area (Å²) in [5, 5.41) is 10.6. The number of aliphatic hydroxyl groups is 1. The first-order valence-electron chi connectivity index (χ1n) is 9.15. The average Bonchev–Trinajstić information content (AvgIpc) is 2.52. The number of rotatable bonds is 0. The summed E-state index contributed by atoms with van der Waals surface area (Å²) >= 11 is 3.61. The molecule has 0 unspecified atom stereocenters. The molecule has 0 amide bonds. The molecule has 0 saturated heterocycles. The minimum absolute atomic E-state index is 0.0508. The topological polar surface area (TPSA) is 37.3 Å². The van der Waals surface area contributed by atoms with E-state index in [4.69, 9.17) is 0 Å². The zero-order valence-corrected chi connectivity index (χ0v) is 15.7. The SMILES string of the molecule is C[C@]12CC[C@H]3[C@@H](CCC4=C(Br)C(=O)CC[C@@]43C)[C@@H]1C=CC[C@@H]2O. The van der Waals surface area contributed by atoms with E-state index in [1.54, 1.807) is 0 Å². The minimum atomic E-state index is -0.192. The monoisotopic (exact) mass is 378 g/mol. The second-order valence-corrected chi connectivity index (χ2v) is 9.49. The smallest absolute Gasteiger partial charge is 0.169 e. The molecular formula is C20H27BrO2. The molecule has 6 atom stereocenters. The van der Waals surface area contributed by atoms with Crippen LogP contribution >= 0.6 is 15.9 Å². The molecule has 2 fully saturated rings. The number of fused-ring (bicyclic) bond motifs is 5. The summed E-state index contributed by atoms with van der Waals surface area (Å²) in [6.45, 7) is 4.70. The van der Waals surface area contributed by atoms with E-state index in [1.165, 1.54) is 12.0 Å². The van der Waals surface area contributed by atoms with Gasteiger partial charge in [-0.3, -0.25) is 4.79 Å². The van der Waals surface area contributed by atoms with E-state index in [0.29, 0.717) is 30.0 Å². The van der Waals surface area contributed by atoms with E-state index in [0.717, 1.165) is 36.6 Å². The Balaban J connectivity index is 1.74. The number of allylic oxidation sites excluding steroid dienone is 3. The van der Waals surface area contributed by atoms with E-state index in [9.17, 15) is 9.90 Å². The second kappa shape index (κ2) is 5.29. The van der Waals surface area contributed by atoms with Crippen LogP contribution in [0.2, 0.25) is 0 Å². The molecule has 0 aromatic rings. The van der Waals surface area contributed by atoms with Crippen LogP contribution in [0.3, 0.4) is 0 Å². The van der Waals surface area contributed by atoms with Gasteiger partial charge < -0.3 is 5.11 Å². The molecule has 0 aromatic heterocycles. The second-order valence-electron chi connectivity index (χ2n) is 8.69. The molecule has 0 aliphatic heterocycles. The largest absolute Gasteiger partial charge is 0.392 e. The summed E-state index contributed by atoms with van der Waals surface area (Å²) < 4.78 is 0.886. The van der Waals surface area contributed by atoms with Crippen molar-refractivity contribution in [1.82, 2.24) is 0 Å². The van der Waals surface area contributed by atoms with Gasteiger partial charge in [0.25, 0.3) is 0 Å². The fourth-order valence-corrected chi connectivity index (χ4v) is 7.15. The summed E-state index contributed by atoms with van der Waals surface area (Å²) in [5.41, 5.74) is 1.61. The molecule has 2 saturated carbocycles. The zero-order valence-electron chi connectivity index (χ0n) is 14.1. The number of halogens is 1. The van der Waals surface area contributed by atoms with E-state index >= 15 is 0 Å². The normalized spacial score (nSPS) is 49.5. The van der Waals surface area contributed by atoms with Crippen LogP contribution in [0.15, 0.2) is 22.2 Å². The Bertz CT molecular complexity index is 607. The zero-order chi connectivity index (χ0) is 16.4. The van der Waals surface area contributed by atoms with Crippen molar-refractivity contribution in [3.63, 3.8) is 0 Å². The van der Waals surface area contributed by atoms with Crippen LogP contribution in [-0.2, 0) is 4.79 Å². The fraction of sp³-hybridized carbons (Fsp3) is 0.750. The standard InChI is InChI=1S/C20H27BrO2/c1-19-11-9-16(22)18(21)15(19)7-6-12-13-4-3-5-17(23)20(13,2)10-8-14(12)19/h3-4,12-14,17,23H,5-11H2,1-2H3/t12-,13-,14-,17-,19+,20-/m0/s1. The van der Waals surface area contributed by atoms with Crippen molar-refractivity contribution >= 4 is 21.7 Å². The Morgan fingerprint density at radius 1 is 1.22 bits per heavy atom. The third-order valence-electron chi connectivity index (χ3n) is 7.81. The molecule has 126 valence electrons. The van der Waals surface area contributed by atoms with Gasteiger partial charge in [0.05, 0.1) is 10.6 Å². The molecule has 4 rings (SSSR count). The summed E-state index contributed by atoms with van der Waals surface area (Å²) in [7, 11) is 0. The molecule has 0 bridgehead atoms. The van der Waals surface area contributed by atoms with Crippen LogP contribution in [0.4, 0.5) is 0 Å². The lowest BCUT2D eigenvalue weighted by Gasteiger charge is -2.60. The quantitative estimate of drug-likeness (QED) is 0.616. The lowest BCUT2D eigenvalue weighted by molar-refractivity contribution is -0.119. The number of hydrogen-bond donors (Lipinski definition) is 1. The highest BCUT2D eigenvalue weighted by atomic mass is 79.9. The highest BCUT2D eigenvalue weighted by Crippen LogP contribution is 2.64. The van der Waals surface area contributed by atoms with Crippen LogP contribution in [0.5, 0.6) is 0 Å². The Morgan fingerprint density at radius 2 is 2.00 bits per heavy atom. The van der Waals surface area contributed by atoms with E-state index in [2.05, 4.69) is 41.9 Å². The average molecular weight is 379 g/mol. The van der Waals surface area contributed by atoms with Crippen molar-refractivity contribution in [3.05, 3.63) is 22.2 Å². The maximum absolute atomic E-state index is 12.1. The number of carbonyl (C=O) groups is 1. The molecule has 0 aromatic carbocycles. The van der Waals surface area contributed by atoms with E-state index in [1.807, 2.05) is 0 Å². The Hall–Kier alpha value is -0.410. The Labute approximate surface area is 147 Å². The summed E-state index contributed by atoms with van der Waals surface area (Å²) in [4.78, 5) is 12.1. The molecular weight excluding hydrogens is 352 g/mol. The van der Waals surface area contributed by atoms with Crippen LogP contribution in [0.25, 0.3) is 0 Å². The highest BCUT2D eigenvalue weighted by Gasteiger charge is 2.57. The third kappa shape index (κ3) is 2.12. The van der Waals surface area contributed by atoms with Gasteiger partial charge in [-0.05, 0) is 83.2 Å². The number of Topliss-reactive ketones (excluding diaryl/α,β-unsaturated/α-hetero) is 1. The van der Waals surface area contributed by atoms with Crippen molar-refractivity contribution < 1.29 is 9.90 Å². The number of carbonyl (C=O) groups excluding carboxylic acids is 1. The fourth-order valence-electron chi connectivity index (χ4n) is 6.30. The number of ketones is 1. The van der Waals surface area contributed by atoms with Gasteiger partial charge in [-0.15, -0.1) is 0 Å². The van der Waals surface area contributed by atoms with Gasteiger partial charge in [-0.2, -0.15) is 0 Å². The highest BCUT2D eigenvalue weighted by molar-refractivity contribution is 9.12. The minimum Gasteiger partial charge on any atom is -0.392 e. The predicted molar refractivity (Wildman–Crippen MR) is 95.1 cm³/mol. The molecule has 1 N–H and O–H groups in total. The number of aliphatic hydroxyl groups excluding tert-OH is 1. The first kappa shape index (κ1) is 16.1. The molecule has 2 nitrogen and oxygen atoms in total. The molecule has 0 radical (unpaired) electrons. The van der Waals surface area contributed by atoms with Gasteiger partial charge in [0.1, 0.15) is 0 Å². The third-order valence-corrected chi connectivity index (χ3v) is 8.74. The van der Waals surface area contributed by atoms with Crippen molar-refractivity contribution in [1.29, 1.82) is 0 Å². The van der Waals surface area contributed by atoms with Gasteiger partial charge in [-0.25, -0.2) is 0 Å². The molecule has 0 spiro atoms. The molecule has 4 aliphatic rings. The van der Waals surface area contributed by atoms with Crippen molar-refractivity contribution in [3.8, 4) is 0 Å². The first-order chi connectivity index (χ1) is 10.9. The van der Waals surface area contributed by atoms with E-state index < -0.39 is 0 Å². The van der Waals surface area contributed by atoms with Crippen LogP contribution in [0.1, 0.15) is 58.8 Å². The maximum Gasteiger partial charge on any atom is 0.169 e. The molecule has 0 heterocycles. The summed E-state index contributed by atoms with van der Waals surface area (Å²) in [6, 6.07) is 0.